The summed E-state index contributed by atoms with van der Waals surface area (Å²) in [5, 5.41) is 8.99. The van der Waals surface area contributed by atoms with E-state index in [0.717, 1.165) is 0 Å². The number of hydrogen-bond acceptors (Lipinski definition) is 4. The van der Waals surface area contributed by atoms with Crippen molar-refractivity contribution in [2.75, 3.05) is 0 Å². The monoisotopic (exact) mass is 325 g/mol. The van der Waals surface area contributed by atoms with Crippen molar-refractivity contribution in [2.45, 2.75) is 15.1 Å². The average molecular weight is 327 g/mol. The Kier molecular flexibility index (Phi) is 4.06. The zero-order valence-electron chi connectivity index (χ0n) is 7.24. The average Bonchev–Trinajstić information content (AvgIpc) is 2.15. The fourth-order valence-corrected chi connectivity index (χ4v) is 3.62. The smallest absolute Gasteiger partial charge is 0.207 e. The van der Waals surface area contributed by atoms with Gasteiger partial charge >= 0.3 is 0 Å². The van der Waals surface area contributed by atoms with Gasteiger partial charge in [0.15, 0.2) is 0 Å². The minimum absolute atomic E-state index is 0.0786. The molecule has 0 aliphatic rings. The van der Waals surface area contributed by atoms with Crippen LogP contribution in [0, 0.1) is 11.3 Å². The van der Waals surface area contributed by atoms with Crippen molar-refractivity contribution in [1.29, 1.82) is 5.26 Å². The molecule has 0 aromatic heterocycles. The molecule has 0 radical (unpaired) electrons. The summed E-state index contributed by atoms with van der Waals surface area (Å²) in [6.07, 6.45) is 0. The third kappa shape index (κ3) is 2.88. The number of nitrogens with zero attached hydrogens (tertiary/aromatic N) is 1. The normalized spacial score (nSPS) is 11.1. The van der Waals surface area contributed by atoms with Gasteiger partial charge in [-0.15, -0.1) is 12.6 Å². The van der Waals surface area contributed by atoms with Crippen LogP contribution in [0.15, 0.2) is 21.9 Å². The molecule has 0 unspecified atom stereocenters. The lowest BCUT2D eigenvalue weighted by atomic mass is 10.2. The summed E-state index contributed by atoms with van der Waals surface area (Å²) >= 11 is 7.24. The predicted octanol–water partition coefficient (Wildman–Crippen LogP) is 2.67. The number of nitriles is 1. The molecule has 0 aliphatic heterocycles. The molecule has 1 rings (SSSR count). The van der Waals surface area contributed by atoms with E-state index in [1.54, 1.807) is 0 Å². The van der Waals surface area contributed by atoms with Gasteiger partial charge in [0.1, 0.15) is 0 Å². The minimum atomic E-state index is -3.86. The summed E-state index contributed by atoms with van der Waals surface area (Å²) in [7, 11) is 1.39. The van der Waals surface area contributed by atoms with Gasteiger partial charge in [0, 0.05) is 20.9 Å². The maximum Gasteiger partial charge on any atom is 0.261 e. The van der Waals surface area contributed by atoms with E-state index < -0.39 is 9.05 Å². The van der Waals surface area contributed by atoms with Crippen LogP contribution in [0.1, 0.15) is 11.1 Å². The summed E-state index contributed by atoms with van der Waals surface area (Å²) < 4.78 is 22.5. The first-order valence-electron chi connectivity index (χ1n) is 3.66. The molecule has 0 aliphatic carbocycles. The molecule has 0 amide bonds. The van der Waals surface area contributed by atoms with E-state index in [4.69, 9.17) is 15.9 Å². The van der Waals surface area contributed by atoms with Crippen LogP contribution in [0.4, 0.5) is 0 Å². The molecule has 0 heterocycles. The lowest BCUT2D eigenvalue weighted by Gasteiger charge is -2.07. The molecule has 0 spiro atoms. The van der Waals surface area contributed by atoms with E-state index in [-0.39, 0.29) is 10.5 Å². The highest BCUT2D eigenvalue weighted by Crippen LogP contribution is 2.29. The second-order valence-electron chi connectivity index (χ2n) is 2.66. The fourth-order valence-electron chi connectivity index (χ4n) is 1.05. The molecule has 7 heteroatoms. The first-order valence-corrected chi connectivity index (χ1v) is 7.54. The van der Waals surface area contributed by atoms with Crippen molar-refractivity contribution in [3.63, 3.8) is 0 Å². The molecule has 0 N–H and O–H groups in total. The molecule has 0 bridgehead atoms. The summed E-state index contributed by atoms with van der Waals surface area (Å²) in [5.41, 5.74) is 0.663. The molecule has 0 fully saturated rings. The summed E-state index contributed by atoms with van der Waals surface area (Å²) in [4.78, 5) is 0.343. The van der Waals surface area contributed by atoms with Gasteiger partial charge in [-0.1, -0.05) is 15.9 Å². The van der Waals surface area contributed by atoms with Gasteiger partial charge < -0.3 is 0 Å². The Hall–Kier alpha value is -0.220. The summed E-state index contributed by atoms with van der Waals surface area (Å²) in [6, 6.07) is 4.57. The Morgan fingerprint density at radius 2 is 2.13 bits per heavy atom. The summed E-state index contributed by atoms with van der Waals surface area (Å²) in [5.74, 6) is 0. The maximum atomic E-state index is 11.2. The van der Waals surface area contributed by atoms with Crippen molar-refractivity contribution >= 4 is 48.3 Å². The van der Waals surface area contributed by atoms with E-state index in [0.29, 0.717) is 15.8 Å². The number of rotatable bonds is 2. The zero-order valence-corrected chi connectivity index (χ0v) is 11.3. The lowest BCUT2D eigenvalue weighted by Crippen LogP contribution is -1.99. The third-order valence-electron chi connectivity index (χ3n) is 1.71. The Bertz CT molecular complexity index is 536. The second-order valence-corrected chi connectivity index (χ2v) is 6.23. The van der Waals surface area contributed by atoms with Crippen molar-refractivity contribution in [2.24, 2.45) is 0 Å². The van der Waals surface area contributed by atoms with Crippen LogP contribution in [-0.2, 0) is 14.4 Å². The zero-order chi connectivity index (χ0) is 11.6. The molecule has 80 valence electrons. The van der Waals surface area contributed by atoms with Crippen molar-refractivity contribution in [3.05, 3.63) is 23.3 Å². The highest BCUT2D eigenvalue weighted by molar-refractivity contribution is 9.08. The van der Waals surface area contributed by atoms with Crippen LogP contribution in [0.2, 0.25) is 0 Å². The van der Waals surface area contributed by atoms with E-state index in [1.807, 2.05) is 6.07 Å². The Labute approximate surface area is 106 Å². The van der Waals surface area contributed by atoms with Gasteiger partial charge in [0.2, 0.25) is 0 Å². The van der Waals surface area contributed by atoms with Gasteiger partial charge in [0.25, 0.3) is 9.05 Å². The number of halogens is 2. The van der Waals surface area contributed by atoms with Gasteiger partial charge in [-0.3, -0.25) is 0 Å². The number of hydrogen-bond donors (Lipinski definition) is 1. The van der Waals surface area contributed by atoms with E-state index in [1.165, 1.54) is 12.1 Å². The Balaban J connectivity index is 3.63. The van der Waals surface area contributed by atoms with E-state index in [9.17, 15) is 8.42 Å². The van der Waals surface area contributed by atoms with Crippen LogP contribution in [0.25, 0.3) is 0 Å². The molecular weight excluding hydrogens is 322 g/mol. The van der Waals surface area contributed by atoms with Crippen LogP contribution < -0.4 is 0 Å². The standard InChI is InChI=1S/C8H5BrClNO2S2/c9-3-6-7(14)1-5(4-11)2-8(6)15(10,12)13/h1-2,14H,3H2. The third-order valence-corrected chi connectivity index (χ3v) is 4.06. The fraction of sp³-hybridized carbons (Fsp3) is 0.125. The molecule has 15 heavy (non-hydrogen) atoms. The number of benzene rings is 1. The maximum absolute atomic E-state index is 11.2. The van der Waals surface area contributed by atoms with Crippen LogP contribution in [0.3, 0.4) is 0 Å². The Morgan fingerprint density at radius 3 is 2.53 bits per heavy atom. The van der Waals surface area contributed by atoms with Crippen molar-refractivity contribution < 1.29 is 8.42 Å². The molecule has 3 nitrogen and oxygen atoms in total. The first-order chi connectivity index (χ1) is 6.90. The topological polar surface area (TPSA) is 57.9 Å². The predicted molar refractivity (Wildman–Crippen MR) is 64.1 cm³/mol. The molecule has 0 saturated heterocycles. The second kappa shape index (κ2) is 4.74. The molecular formula is C8H5BrClNO2S2. The summed E-state index contributed by atoms with van der Waals surface area (Å²) in [6.45, 7) is 0. The SMILES string of the molecule is N#Cc1cc(S)c(CBr)c(S(=O)(=O)Cl)c1. The number of alkyl halides is 1. The van der Waals surface area contributed by atoms with E-state index in [2.05, 4.69) is 28.6 Å². The van der Waals surface area contributed by atoms with Gasteiger partial charge in [-0.2, -0.15) is 5.26 Å². The Morgan fingerprint density at radius 1 is 1.53 bits per heavy atom. The highest BCUT2D eigenvalue weighted by Gasteiger charge is 2.18. The largest absolute Gasteiger partial charge is 0.261 e. The van der Waals surface area contributed by atoms with Gasteiger partial charge in [-0.25, -0.2) is 8.42 Å². The molecule has 0 atom stereocenters. The van der Waals surface area contributed by atoms with Gasteiger partial charge in [-0.05, 0) is 17.7 Å². The quantitative estimate of drug-likeness (QED) is 0.516. The number of thiol groups is 1. The molecule has 1 aromatic carbocycles. The van der Waals surface area contributed by atoms with Crippen LogP contribution >= 0.6 is 39.2 Å². The minimum Gasteiger partial charge on any atom is -0.207 e. The molecule has 0 saturated carbocycles. The highest BCUT2D eigenvalue weighted by atomic mass is 79.9. The van der Waals surface area contributed by atoms with E-state index >= 15 is 0 Å². The van der Waals surface area contributed by atoms with Crippen molar-refractivity contribution in [1.82, 2.24) is 0 Å². The van der Waals surface area contributed by atoms with Crippen LogP contribution in [0.5, 0.6) is 0 Å². The van der Waals surface area contributed by atoms with Crippen molar-refractivity contribution in [3.8, 4) is 6.07 Å². The lowest BCUT2D eigenvalue weighted by molar-refractivity contribution is 0.608. The molecule has 1 aromatic rings. The van der Waals surface area contributed by atoms with Crippen LogP contribution in [-0.4, -0.2) is 8.42 Å². The first kappa shape index (κ1) is 12.8. The van der Waals surface area contributed by atoms with Gasteiger partial charge in [0.05, 0.1) is 16.5 Å².